The summed E-state index contributed by atoms with van der Waals surface area (Å²) in [6, 6.07) is 46.8. The van der Waals surface area contributed by atoms with Crippen molar-refractivity contribution in [2.75, 3.05) is 56.2 Å². The molecule has 9 heterocycles. The zero-order valence-corrected chi connectivity index (χ0v) is 52.3. The number of anilines is 3. The lowest BCUT2D eigenvalue weighted by Crippen LogP contribution is -2.29. The summed E-state index contributed by atoms with van der Waals surface area (Å²) in [5, 5.41) is 58.8. The number of hydrogen-bond donors (Lipinski definition) is 6. The van der Waals surface area contributed by atoms with E-state index in [1.165, 1.54) is 49.4 Å². The molecule has 0 radical (unpaired) electrons. The van der Waals surface area contributed by atoms with Crippen LogP contribution in [0.25, 0.3) is 66.1 Å². The van der Waals surface area contributed by atoms with Crippen molar-refractivity contribution < 1.29 is 14.4 Å². The number of aromatic amines is 3. The maximum absolute atomic E-state index is 12.9. The highest BCUT2D eigenvalue weighted by atomic mass is 16.2. The van der Waals surface area contributed by atoms with Crippen LogP contribution in [0.2, 0.25) is 0 Å². The number of nitrogens with one attached hydrogen (secondary N) is 6. The minimum Gasteiger partial charge on any atom is -0.321 e. The Morgan fingerprint density at radius 2 is 0.804 bits per heavy atom. The Bertz CT molecular complexity index is 4870. The van der Waals surface area contributed by atoms with Gasteiger partial charge in [-0.3, -0.25) is 54.4 Å². The van der Waals surface area contributed by atoms with Crippen LogP contribution in [0, 0.1) is 34.0 Å². The summed E-state index contributed by atoms with van der Waals surface area (Å²) in [4.78, 5) is 62.8. The second-order valence-electron chi connectivity index (χ2n) is 23.6. The number of aromatic nitrogens is 10. The molecule has 7 aromatic heterocycles. The number of pyridine rings is 4. The Kier molecular flexibility index (Phi) is 22.1. The first-order chi connectivity index (χ1) is 46.4. The van der Waals surface area contributed by atoms with Crippen molar-refractivity contribution in [2.24, 2.45) is 0 Å². The highest BCUT2D eigenvalue weighted by molar-refractivity contribution is 6.13. The van der Waals surface area contributed by atoms with Gasteiger partial charge < -0.3 is 20.9 Å². The third-order valence-electron chi connectivity index (χ3n) is 16.4. The van der Waals surface area contributed by atoms with Crippen molar-refractivity contribution in [3.63, 3.8) is 0 Å². The molecule has 14 rings (SSSR count). The minimum atomic E-state index is -0.345. The lowest BCUT2D eigenvalue weighted by atomic mass is 10.0. The fraction of sp³-hybridized carbons (Fsp3) is 0.213. The van der Waals surface area contributed by atoms with E-state index in [4.69, 9.17) is 15.8 Å². The summed E-state index contributed by atoms with van der Waals surface area (Å²) >= 11 is 0. The average Bonchev–Trinajstić information content (AvgIpc) is 1.71. The molecule has 2 saturated heterocycles. The zero-order valence-electron chi connectivity index (χ0n) is 52.3. The topological polar surface area (TPSA) is 306 Å². The molecule has 0 bridgehead atoms. The van der Waals surface area contributed by atoms with Crippen molar-refractivity contribution in [3.05, 3.63) is 227 Å². The van der Waals surface area contributed by atoms with Gasteiger partial charge >= 0.3 is 0 Å². The second-order valence-corrected chi connectivity index (χ2v) is 23.6. The second kappa shape index (κ2) is 31.7. The number of piperidine rings is 1. The SMILES string of the molecule is C.C.CN(C)Cc1cncc(-c2ccc3[nH]nc(C(=O)Nc4ccc(C#N)cc4)c3c2)c1.N#Cc1ccc(NC(=O)c2n[nH]c3ccc(-c4cncc(CN5CCCC5)c4)cc23)cc1.N#Cc1ccc(NC(=O)c2n[nH]c3ccc(-c4cncc(CN5CCCCC5)c4)cc23)cn1. The number of hydrogen-bond acceptors (Lipinski definition) is 16. The number of benzene rings is 5. The highest BCUT2D eigenvalue weighted by Gasteiger charge is 2.21. The molecule has 22 nitrogen and oxygen atoms in total. The van der Waals surface area contributed by atoms with Crippen LogP contribution < -0.4 is 16.0 Å². The van der Waals surface area contributed by atoms with E-state index >= 15 is 0 Å². The predicted octanol–water partition coefficient (Wildman–Crippen LogP) is 13.6. The van der Waals surface area contributed by atoms with Crippen LogP contribution in [0.15, 0.2) is 177 Å². The van der Waals surface area contributed by atoms with Crippen LogP contribution in [0.5, 0.6) is 0 Å². The van der Waals surface area contributed by atoms with Gasteiger partial charge in [-0.15, -0.1) is 0 Å². The monoisotopic (exact) mass is 1290 g/mol. The smallest absolute Gasteiger partial charge is 0.276 e. The number of H-pyrrole nitrogens is 3. The molecule has 0 spiro atoms. The maximum atomic E-state index is 12.9. The lowest BCUT2D eigenvalue weighted by molar-refractivity contribution is 0.101. The number of likely N-dealkylation sites (tertiary alicyclic amines) is 2. The molecule has 6 N–H and O–H groups in total. The molecular weight excluding hydrogens is 1210 g/mol. The number of carbonyl (C=O) groups excluding carboxylic acids is 3. The molecule has 2 aliphatic rings. The molecule has 97 heavy (non-hydrogen) atoms. The number of amides is 3. The number of nitrogens with zero attached hydrogens (tertiary/aromatic N) is 13. The molecule has 12 aromatic rings. The largest absolute Gasteiger partial charge is 0.321 e. The van der Waals surface area contributed by atoms with Crippen LogP contribution in [0.1, 0.15) is 112 Å². The summed E-state index contributed by atoms with van der Waals surface area (Å²) in [7, 11) is 4.03. The van der Waals surface area contributed by atoms with Crippen LogP contribution in [-0.2, 0) is 19.6 Å². The van der Waals surface area contributed by atoms with Gasteiger partial charge in [-0.1, -0.05) is 39.5 Å². The Balaban J connectivity index is 0.000000157. The Morgan fingerprint density at radius 1 is 0.433 bits per heavy atom. The van der Waals surface area contributed by atoms with Crippen molar-refractivity contribution in [1.82, 2.24) is 65.2 Å². The Morgan fingerprint density at radius 3 is 1.18 bits per heavy atom. The fourth-order valence-electron chi connectivity index (χ4n) is 11.6. The summed E-state index contributed by atoms with van der Waals surface area (Å²) in [5.41, 5.74) is 15.8. The lowest BCUT2D eigenvalue weighted by Gasteiger charge is -2.26. The summed E-state index contributed by atoms with van der Waals surface area (Å²) in [6.45, 7) is 7.17. The number of nitriles is 3. The van der Waals surface area contributed by atoms with Crippen molar-refractivity contribution in [2.45, 2.75) is 66.6 Å². The first-order valence-corrected chi connectivity index (χ1v) is 31.1. The summed E-state index contributed by atoms with van der Waals surface area (Å²) < 4.78 is 0. The molecule has 486 valence electrons. The van der Waals surface area contributed by atoms with Crippen molar-refractivity contribution >= 4 is 67.5 Å². The van der Waals surface area contributed by atoms with Gasteiger partial charge in [-0.05, 0) is 215 Å². The first kappa shape index (κ1) is 67.8. The Labute approximate surface area is 562 Å². The molecular formula is C75H73N19O3. The molecule has 2 aliphatic heterocycles. The molecule has 5 aromatic carbocycles. The van der Waals surface area contributed by atoms with Gasteiger partial charge in [0.05, 0.1) is 51.7 Å². The van der Waals surface area contributed by atoms with Gasteiger partial charge in [0.25, 0.3) is 17.7 Å². The van der Waals surface area contributed by atoms with Crippen LogP contribution >= 0.6 is 0 Å². The van der Waals surface area contributed by atoms with Gasteiger partial charge in [0, 0.05) is 101 Å². The van der Waals surface area contributed by atoms with Crippen LogP contribution in [-0.4, -0.2) is 123 Å². The summed E-state index contributed by atoms with van der Waals surface area (Å²) in [6.07, 6.45) is 19.0. The van der Waals surface area contributed by atoms with Crippen molar-refractivity contribution in [1.29, 1.82) is 15.8 Å². The molecule has 0 saturated carbocycles. The molecule has 0 unspecified atom stereocenters. The quantitative estimate of drug-likeness (QED) is 0.0556. The van der Waals surface area contributed by atoms with Gasteiger partial charge in [-0.25, -0.2) is 4.98 Å². The van der Waals surface area contributed by atoms with E-state index in [0.717, 1.165) is 117 Å². The van der Waals surface area contributed by atoms with E-state index in [-0.39, 0.29) is 32.6 Å². The fourth-order valence-corrected chi connectivity index (χ4v) is 11.6. The standard InChI is InChI=1S/C25H23N7O.C25H22N6O.C23H20N6O.2CH4/c26-12-20-5-6-21(15-28-20)29-25(33)24-22-11-18(4-7-23(22)30-31-24)19-10-17(13-27-14-19)16-32-8-2-1-3-9-32;26-13-17-3-6-21(7-4-17)28-25(32)24-22-12-19(5-8-23(22)29-30-24)20-11-18(14-27-15-20)16-31-9-1-2-10-31;1-29(2)14-16-9-18(13-25-12-16)17-5-8-21-20(10-17)22(28-27-21)23(30)26-19-6-3-15(11-24)4-7-19;;/h4-7,10-11,13-15H,1-3,8-9,16H2,(H,29,33)(H,30,31);3-8,11-12,14-15H,1-2,9-10,16H2,(H,28,32)(H,29,30);3-10,12-13H,14H2,1-2H3,(H,26,30)(H,27,28);2*1H4. The first-order valence-electron chi connectivity index (χ1n) is 31.1. The molecule has 2 fully saturated rings. The highest BCUT2D eigenvalue weighted by Crippen LogP contribution is 2.31. The van der Waals surface area contributed by atoms with Gasteiger partial charge in [-0.2, -0.15) is 31.1 Å². The van der Waals surface area contributed by atoms with E-state index in [1.807, 2.05) is 112 Å². The van der Waals surface area contributed by atoms with E-state index in [9.17, 15) is 14.4 Å². The zero-order chi connectivity index (χ0) is 65.6. The molecule has 0 aliphatic carbocycles. The predicted molar refractivity (Wildman–Crippen MR) is 378 cm³/mol. The van der Waals surface area contributed by atoms with Crippen LogP contribution in [0.3, 0.4) is 0 Å². The maximum Gasteiger partial charge on any atom is 0.276 e. The molecule has 22 heteroatoms. The van der Waals surface area contributed by atoms with Gasteiger partial charge in [0.1, 0.15) is 11.8 Å². The normalized spacial score (nSPS) is 12.7. The third-order valence-corrected chi connectivity index (χ3v) is 16.4. The van der Waals surface area contributed by atoms with Crippen LogP contribution in [0.4, 0.5) is 17.1 Å². The summed E-state index contributed by atoms with van der Waals surface area (Å²) in [5.74, 6) is -0.969. The Hall–Kier alpha value is -12.1. The third kappa shape index (κ3) is 16.8. The van der Waals surface area contributed by atoms with Gasteiger partial charge in [0.2, 0.25) is 0 Å². The van der Waals surface area contributed by atoms with Gasteiger partial charge in [0.15, 0.2) is 17.1 Å². The average molecular weight is 1290 g/mol. The van der Waals surface area contributed by atoms with E-state index in [2.05, 4.69) is 112 Å². The number of fused-ring (bicyclic) bond motifs is 3. The molecule has 0 atom stereocenters. The van der Waals surface area contributed by atoms with Crippen molar-refractivity contribution in [3.8, 4) is 51.6 Å². The number of carbonyl (C=O) groups is 3. The van der Waals surface area contributed by atoms with E-state index < -0.39 is 0 Å². The minimum absolute atomic E-state index is 0. The number of rotatable bonds is 15. The molecule has 3 amide bonds. The van der Waals surface area contributed by atoms with E-state index in [0.29, 0.717) is 51.0 Å². The van der Waals surface area contributed by atoms with E-state index in [1.54, 1.807) is 60.7 Å².